The third-order valence-electron chi connectivity index (χ3n) is 3.64. The molecule has 0 fully saturated rings. The molecule has 1 unspecified atom stereocenters. The number of anilines is 1. The lowest BCUT2D eigenvalue weighted by Gasteiger charge is -2.37. The molecule has 1 heterocycles. The van der Waals surface area contributed by atoms with Crippen molar-refractivity contribution in [2.75, 3.05) is 11.4 Å². The number of carbonyl (C=O) groups excluding carboxylic acids is 1. The monoisotopic (exact) mass is 252 g/mol. The van der Waals surface area contributed by atoms with E-state index in [4.69, 9.17) is 5.73 Å². The van der Waals surface area contributed by atoms with Gasteiger partial charge in [-0.2, -0.15) is 0 Å². The molecule has 19 heavy (non-hydrogen) atoms. The number of fused-ring (bicyclic) bond motifs is 1. The third-order valence-corrected chi connectivity index (χ3v) is 3.64. The van der Waals surface area contributed by atoms with Crippen molar-refractivity contribution in [1.82, 2.24) is 0 Å². The molecule has 96 valence electrons. The molecule has 1 atom stereocenters. The summed E-state index contributed by atoms with van der Waals surface area (Å²) < 4.78 is 0. The molecule has 2 N–H and O–H groups in total. The maximum absolute atomic E-state index is 11.9. The van der Waals surface area contributed by atoms with Crippen LogP contribution in [0, 0.1) is 0 Å². The van der Waals surface area contributed by atoms with Crippen molar-refractivity contribution in [2.45, 2.75) is 12.5 Å². The summed E-state index contributed by atoms with van der Waals surface area (Å²) in [5.74, 6) is -0.295. The molecule has 1 aliphatic heterocycles. The van der Waals surface area contributed by atoms with E-state index in [1.807, 2.05) is 48.5 Å². The zero-order chi connectivity index (χ0) is 13.2. The van der Waals surface area contributed by atoms with Crippen LogP contribution in [0.25, 0.3) is 0 Å². The van der Waals surface area contributed by atoms with Gasteiger partial charge in [0.05, 0.1) is 0 Å². The maximum atomic E-state index is 11.9. The maximum Gasteiger partial charge on any atom is 0.244 e. The van der Waals surface area contributed by atoms with Crippen molar-refractivity contribution in [1.29, 1.82) is 0 Å². The van der Waals surface area contributed by atoms with E-state index in [0.717, 1.165) is 24.2 Å². The van der Waals surface area contributed by atoms with Crippen molar-refractivity contribution in [2.24, 2.45) is 5.73 Å². The Morgan fingerprint density at radius 3 is 2.47 bits per heavy atom. The second-order valence-corrected chi connectivity index (χ2v) is 4.78. The van der Waals surface area contributed by atoms with Crippen LogP contribution in [-0.2, 0) is 11.2 Å². The highest BCUT2D eigenvalue weighted by Gasteiger charge is 2.31. The van der Waals surface area contributed by atoms with Crippen LogP contribution in [0.5, 0.6) is 0 Å². The highest BCUT2D eigenvalue weighted by atomic mass is 16.1. The van der Waals surface area contributed by atoms with E-state index >= 15 is 0 Å². The highest BCUT2D eigenvalue weighted by molar-refractivity contribution is 5.86. The van der Waals surface area contributed by atoms with Gasteiger partial charge in [0.15, 0.2) is 0 Å². The van der Waals surface area contributed by atoms with Crippen molar-refractivity contribution in [3.8, 4) is 0 Å². The Labute approximate surface area is 112 Å². The Hall–Kier alpha value is -2.29. The average molecular weight is 252 g/mol. The Morgan fingerprint density at radius 2 is 1.74 bits per heavy atom. The highest BCUT2D eigenvalue weighted by Crippen LogP contribution is 2.33. The summed E-state index contributed by atoms with van der Waals surface area (Å²) in [6.45, 7) is 0.814. The molecular formula is C16H16N2O. The number of amides is 1. The minimum absolute atomic E-state index is 0.295. The Balaban J connectivity index is 2.06. The molecule has 0 saturated carbocycles. The van der Waals surface area contributed by atoms with Crippen LogP contribution in [0.1, 0.15) is 17.2 Å². The van der Waals surface area contributed by atoms with Gasteiger partial charge in [0, 0.05) is 12.2 Å². The van der Waals surface area contributed by atoms with Gasteiger partial charge in [-0.05, 0) is 29.7 Å². The van der Waals surface area contributed by atoms with Gasteiger partial charge < -0.3 is 10.6 Å². The molecule has 2 aromatic rings. The minimum Gasteiger partial charge on any atom is -0.368 e. The van der Waals surface area contributed by atoms with Crippen molar-refractivity contribution >= 4 is 11.6 Å². The van der Waals surface area contributed by atoms with E-state index in [1.165, 1.54) is 5.56 Å². The van der Waals surface area contributed by atoms with E-state index in [2.05, 4.69) is 11.0 Å². The number of para-hydroxylation sites is 1. The average Bonchev–Trinajstić information content (AvgIpc) is 2.46. The summed E-state index contributed by atoms with van der Waals surface area (Å²) in [7, 11) is 0. The van der Waals surface area contributed by atoms with E-state index in [0.29, 0.717) is 0 Å². The van der Waals surface area contributed by atoms with Crippen LogP contribution >= 0.6 is 0 Å². The second kappa shape index (κ2) is 4.76. The largest absolute Gasteiger partial charge is 0.368 e. The van der Waals surface area contributed by atoms with Gasteiger partial charge in [0.25, 0.3) is 0 Å². The van der Waals surface area contributed by atoms with Gasteiger partial charge in [-0.3, -0.25) is 4.79 Å². The van der Waals surface area contributed by atoms with Crippen LogP contribution in [-0.4, -0.2) is 12.5 Å². The summed E-state index contributed by atoms with van der Waals surface area (Å²) in [5.41, 5.74) is 8.92. The lowest BCUT2D eigenvalue weighted by atomic mass is 9.91. The molecule has 0 radical (unpaired) electrons. The van der Waals surface area contributed by atoms with Gasteiger partial charge in [0.1, 0.15) is 6.04 Å². The number of rotatable bonds is 2. The molecule has 1 aliphatic rings. The molecule has 1 amide bonds. The number of hydrogen-bond acceptors (Lipinski definition) is 2. The standard InChI is InChI=1S/C16H16N2O/c17-16(19)15-14-9-5-4-6-12(14)10-11-18(15)13-7-2-1-3-8-13/h1-9,15H,10-11H2,(H2,17,19). The molecule has 3 heteroatoms. The first-order valence-electron chi connectivity index (χ1n) is 6.46. The molecule has 0 bridgehead atoms. The zero-order valence-corrected chi connectivity index (χ0v) is 10.6. The summed E-state index contributed by atoms with van der Waals surface area (Å²) in [6.07, 6.45) is 0.939. The quantitative estimate of drug-likeness (QED) is 0.891. The topological polar surface area (TPSA) is 46.3 Å². The molecule has 0 aromatic heterocycles. The molecule has 3 rings (SSSR count). The number of benzene rings is 2. The SMILES string of the molecule is NC(=O)C1c2ccccc2CCN1c1ccccc1. The second-order valence-electron chi connectivity index (χ2n) is 4.78. The number of nitrogens with two attached hydrogens (primary N) is 1. The van der Waals surface area contributed by atoms with Crippen LogP contribution in [0.4, 0.5) is 5.69 Å². The first-order valence-corrected chi connectivity index (χ1v) is 6.46. The predicted octanol–water partition coefficient (Wildman–Crippen LogP) is 2.28. The van der Waals surface area contributed by atoms with Gasteiger partial charge >= 0.3 is 0 Å². The Bertz CT molecular complexity index is 595. The fraction of sp³-hybridized carbons (Fsp3) is 0.188. The molecule has 0 saturated heterocycles. The van der Waals surface area contributed by atoms with E-state index < -0.39 is 0 Å². The first kappa shape index (κ1) is 11.8. The molecule has 2 aromatic carbocycles. The smallest absolute Gasteiger partial charge is 0.244 e. The van der Waals surface area contributed by atoms with Crippen LogP contribution in [0.3, 0.4) is 0 Å². The zero-order valence-electron chi connectivity index (χ0n) is 10.6. The molecule has 3 nitrogen and oxygen atoms in total. The fourth-order valence-corrected chi connectivity index (χ4v) is 2.77. The minimum atomic E-state index is -0.368. The van der Waals surface area contributed by atoms with Crippen molar-refractivity contribution in [3.63, 3.8) is 0 Å². The summed E-state index contributed by atoms with van der Waals surface area (Å²) in [4.78, 5) is 14.0. The van der Waals surface area contributed by atoms with Gasteiger partial charge in [-0.15, -0.1) is 0 Å². The summed E-state index contributed by atoms with van der Waals surface area (Å²) in [6, 6.07) is 17.6. The summed E-state index contributed by atoms with van der Waals surface area (Å²) >= 11 is 0. The van der Waals surface area contributed by atoms with Gasteiger partial charge in [0.2, 0.25) is 5.91 Å². The van der Waals surface area contributed by atoms with E-state index in [1.54, 1.807) is 0 Å². The summed E-state index contributed by atoms with van der Waals surface area (Å²) in [5, 5.41) is 0. The van der Waals surface area contributed by atoms with Crippen LogP contribution < -0.4 is 10.6 Å². The Morgan fingerprint density at radius 1 is 1.05 bits per heavy atom. The van der Waals surface area contributed by atoms with Crippen LogP contribution in [0.15, 0.2) is 54.6 Å². The first-order chi connectivity index (χ1) is 9.27. The molecular weight excluding hydrogens is 236 g/mol. The van der Waals surface area contributed by atoms with E-state index in [-0.39, 0.29) is 11.9 Å². The molecule has 0 aliphatic carbocycles. The molecule has 0 spiro atoms. The third kappa shape index (κ3) is 2.08. The fourth-order valence-electron chi connectivity index (χ4n) is 2.77. The normalized spacial score (nSPS) is 17.9. The number of carbonyl (C=O) groups is 1. The number of hydrogen-bond donors (Lipinski definition) is 1. The van der Waals surface area contributed by atoms with Crippen molar-refractivity contribution < 1.29 is 4.79 Å². The van der Waals surface area contributed by atoms with Crippen molar-refractivity contribution in [3.05, 3.63) is 65.7 Å². The van der Waals surface area contributed by atoms with Gasteiger partial charge in [-0.1, -0.05) is 42.5 Å². The number of primary amides is 1. The van der Waals surface area contributed by atoms with E-state index in [9.17, 15) is 4.79 Å². The van der Waals surface area contributed by atoms with Crippen LogP contribution in [0.2, 0.25) is 0 Å². The predicted molar refractivity (Wildman–Crippen MR) is 75.9 cm³/mol. The lowest BCUT2D eigenvalue weighted by Crippen LogP contribution is -2.42. The van der Waals surface area contributed by atoms with Gasteiger partial charge in [-0.25, -0.2) is 0 Å². The Kier molecular flexibility index (Phi) is 2.95. The lowest BCUT2D eigenvalue weighted by molar-refractivity contribution is -0.119. The number of nitrogens with zero attached hydrogens (tertiary/aromatic N) is 1.